The molecule has 2 aromatic carbocycles. The highest BCUT2D eigenvalue weighted by atomic mass is 32.2. The van der Waals surface area contributed by atoms with Gasteiger partial charge < -0.3 is 19.1 Å². The molecule has 1 amide bonds. The molecule has 1 aliphatic heterocycles. The predicted molar refractivity (Wildman–Crippen MR) is 108 cm³/mol. The lowest BCUT2D eigenvalue weighted by atomic mass is 10.1. The molecule has 1 heterocycles. The molecule has 0 atom stereocenters. The fourth-order valence-corrected chi connectivity index (χ4v) is 3.56. The van der Waals surface area contributed by atoms with Crippen LogP contribution in [0.2, 0.25) is 0 Å². The number of rotatable bonds is 7. The van der Waals surface area contributed by atoms with Crippen molar-refractivity contribution in [3.8, 4) is 11.5 Å². The normalized spacial score (nSPS) is 12.2. The van der Waals surface area contributed by atoms with Gasteiger partial charge in [0.25, 0.3) is 0 Å². The highest BCUT2D eigenvalue weighted by molar-refractivity contribution is 8.00. The lowest BCUT2D eigenvalue weighted by Gasteiger charge is -2.18. The van der Waals surface area contributed by atoms with Crippen LogP contribution in [0, 0.1) is 0 Å². The number of hydrogen-bond donors (Lipinski definition) is 0. The van der Waals surface area contributed by atoms with Crippen molar-refractivity contribution in [2.75, 3.05) is 39.7 Å². The Hall–Kier alpha value is -3.00. The second-order valence-electron chi connectivity index (χ2n) is 6.43. The first-order valence-electron chi connectivity index (χ1n) is 8.97. The second kappa shape index (κ2) is 9.47. The molecule has 0 spiro atoms. The van der Waals surface area contributed by atoms with Crippen molar-refractivity contribution in [3.05, 3.63) is 53.6 Å². The first-order chi connectivity index (χ1) is 14.0. The van der Waals surface area contributed by atoms with Gasteiger partial charge >= 0.3 is 5.97 Å². The average molecular weight is 415 g/mol. The predicted octanol–water partition coefficient (Wildman–Crippen LogP) is 2.68. The third-order valence-electron chi connectivity index (χ3n) is 4.16. The van der Waals surface area contributed by atoms with Gasteiger partial charge in [0.2, 0.25) is 5.91 Å². The molecule has 0 aliphatic carbocycles. The van der Waals surface area contributed by atoms with Gasteiger partial charge in [0.05, 0.1) is 11.3 Å². The van der Waals surface area contributed by atoms with Crippen molar-refractivity contribution in [2.24, 2.45) is 0 Å². The molecular weight excluding hydrogens is 394 g/mol. The summed E-state index contributed by atoms with van der Waals surface area (Å²) < 4.78 is 16.1. The number of carbonyl (C=O) groups excluding carboxylic acids is 3. The van der Waals surface area contributed by atoms with E-state index in [2.05, 4.69) is 0 Å². The molecule has 29 heavy (non-hydrogen) atoms. The molecule has 0 aromatic heterocycles. The molecule has 152 valence electrons. The first kappa shape index (κ1) is 20.7. The van der Waals surface area contributed by atoms with E-state index in [1.54, 1.807) is 56.6 Å². The Morgan fingerprint density at radius 1 is 1.03 bits per heavy atom. The quantitative estimate of drug-likeness (QED) is 0.391. The van der Waals surface area contributed by atoms with Crippen LogP contribution in [0.15, 0.2) is 47.4 Å². The SMILES string of the molecule is CN(C)C(=O)CSc1ccccc1C(=O)OCC(=O)c1ccc2c(c1)OCCO2. The Balaban J connectivity index is 1.62. The van der Waals surface area contributed by atoms with Gasteiger partial charge in [-0.15, -0.1) is 11.8 Å². The smallest absolute Gasteiger partial charge is 0.339 e. The van der Waals surface area contributed by atoms with Crippen LogP contribution in [0.4, 0.5) is 0 Å². The van der Waals surface area contributed by atoms with E-state index in [0.29, 0.717) is 40.7 Å². The van der Waals surface area contributed by atoms with E-state index < -0.39 is 12.6 Å². The standard InChI is InChI=1S/C21H21NO6S/c1-22(2)20(24)13-29-19-6-4-3-5-15(19)21(25)28-12-16(23)14-7-8-17-18(11-14)27-10-9-26-17/h3-8,11H,9-10,12-13H2,1-2H3. The minimum absolute atomic E-state index is 0.0630. The third-order valence-corrected chi connectivity index (χ3v) is 5.21. The number of esters is 1. The topological polar surface area (TPSA) is 82.1 Å². The molecule has 0 saturated carbocycles. The molecule has 3 rings (SSSR count). The van der Waals surface area contributed by atoms with Crippen LogP contribution in [-0.2, 0) is 9.53 Å². The van der Waals surface area contributed by atoms with E-state index in [4.69, 9.17) is 14.2 Å². The lowest BCUT2D eigenvalue weighted by Crippen LogP contribution is -2.23. The largest absolute Gasteiger partial charge is 0.486 e. The van der Waals surface area contributed by atoms with Crippen molar-refractivity contribution < 1.29 is 28.6 Å². The van der Waals surface area contributed by atoms with Crippen molar-refractivity contribution in [3.63, 3.8) is 0 Å². The molecule has 0 fully saturated rings. The summed E-state index contributed by atoms with van der Waals surface area (Å²) in [6.07, 6.45) is 0. The minimum atomic E-state index is -0.615. The zero-order valence-electron chi connectivity index (χ0n) is 16.2. The zero-order chi connectivity index (χ0) is 20.8. The van der Waals surface area contributed by atoms with Crippen LogP contribution in [0.25, 0.3) is 0 Å². The van der Waals surface area contributed by atoms with Crippen LogP contribution < -0.4 is 9.47 Å². The Labute approximate surface area is 172 Å². The second-order valence-corrected chi connectivity index (χ2v) is 7.45. The number of carbonyl (C=O) groups is 3. The zero-order valence-corrected chi connectivity index (χ0v) is 17.0. The number of ether oxygens (including phenoxy) is 3. The molecule has 8 heteroatoms. The Morgan fingerprint density at radius 2 is 1.76 bits per heavy atom. The Morgan fingerprint density at radius 3 is 2.52 bits per heavy atom. The fourth-order valence-electron chi connectivity index (χ4n) is 2.54. The minimum Gasteiger partial charge on any atom is -0.486 e. The summed E-state index contributed by atoms with van der Waals surface area (Å²) in [6, 6.07) is 11.7. The Bertz CT molecular complexity index is 927. The maximum Gasteiger partial charge on any atom is 0.339 e. The van der Waals surface area contributed by atoms with Crippen LogP contribution in [-0.4, -0.2) is 62.2 Å². The van der Waals surface area contributed by atoms with Crippen molar-refractivity contribution in [2.45, 2.75) is 4.90 Å². The van der Waals surface area contributed by atoms with E-state index in [0.717, 1.165) is 0 Å². The van der Waals surface area contributed by atoms with Gasteiger partial charge in [0, 0.05) is 24.6 Å². The molecule has 0 radical (unpaired) electrons. The van der Waals surface area contributed by atoms with E-state index in [1.165, 1.54) is 16.7 Å². The monoisotopic (exact) mass is 415 g/mol. The lowest BCUT2D eigenvalue weighted by molar-refractivity contribution is -0.125. The van der Waals surface area contributed by atoms with Gasteiger partial charge in [-0.25, -0.2) is 4.79 Å². The van der Waals surface area contributed by atoms with Gasteiger partial charge in [0.15, 0.2) is 23.9 Å². The van der Waals surface area contributed by atoms with Gasteiger partial charge in [-0.2, -0.15) is 0 Å². The Kier molecular flexibility index (Phi) is 6.77. The number of Topliss-reactive ketones (excluding diaryl/α,β-unsaturated/α-hetero) is 1. The number of nitrogens with zero attached hydrogens (tertiary/aromatic N) is 1. The fraction of sp³-hybridized carbons (Fsp3) is 0.286. The number of fused-ring (bicyclic) bond motifs is 1. The number of ketones is 1. The van der Waals surface area contributed by atoms with Crippen molar-refractivity contribution in [1.29, 1.82) is 0 Å². The van der Waals surface area contributed by atoms with Crippen LogP contribution in [0.5, 0.6) is 11.5 Å². The van der Waals surface area contributed by atoms with E-state index in [1.807, 2.05) is 0 Å². The highest BCUT2D eigenvalue weighted by Crippen LogP contribution is 2.31. The van der Waals surface area contributed by atoms with Gasteiger partial charge in [-0.05, 0) is 30.3 Å². The van der Waals surface area contributed by atoms with Gasteiger partial charge in [-0.1, -0.05) is 12.1 Å². The maximum atomic E-state index is 12.5. The van der Waals surface area contributed by atoms with Crippen molar-refractivity contribution in [1.82, 2.24) is 4.90 Å². The highest BCUT2D eigenvalue weighted by Gasteiger charge is 2.18. The van der Waals surface area contributed by atoms with Crippen molar-refractivity contribution >= 4 is 29.4 Å². The van der Waals surface area contributed by atoms with E-state index in [9.17, 15) is 14.4 Å². The van der Waals surface area contributed by atoms with Crippen LogP contribution >= 0.6 is 11.8 Å². The number of amides is 1. The van der Waals surface area contributed by atoms with E-state index in [-0.39, 0.29) is 17.4 Å². The molecule has 7 nitrogen and oxygen atoms in total. The summed E-state index contributed by atoms with van der Waals surface area (Å²) >= 11 is 1.25. The van der Waals surface area contributed by atoms with Gasteiger partial charge in [-0.3, -0.25) is 9.59 Å². The number of thioether (sulfide) groups is 1. The summed E-state index contributed by atoms with van der Waals surface area (Å²) in [5.41, 5.74) is 0.695. The molecule has 1 aliphatic rings. The summed E-state index contributed by atoms with van der Waals surface area (Å²) in [4.78, 5) is 38.8. The number of hydrogen-bond acceptors (Lipinski definition) is 7. The summed E-state index contributed by atoms with van der Waals surface area (Å²) in [5, 5.41) is 0. The first-order valence-corrected chi connectivity index (χ1v) is 9.96. The molecular formula is C21H21NO6S. The van der Waals surface area contributed by atoms with Crippen LogP contribution in [0.1, 0.15) is 20.7 Å². The third kappa shape index (κ3) is 5.29. The number of benzene rings is 2. The van der Waals surface area contributed by atoms with Crippen LogP contribution in [0.3, 0.4) is 0 Å². The summed E-state index contributed by atoms with van der Waals surface area (Å²) in [6.45, 7) is 0.494. The molecule has 2 aromatic rings. The van der Waals surface area contributed by atoms with E-state index >= 15 is 0 Å². The van der Waals surface area contributed by atoms with Gasteiger partial charge in [0.1, 0.15) is 13.2 Å². The maximum absolute atomic E-state index is 12.5. The molecule has 0 saturated heterocycles. The average Bonchev–Trinajstić information content (AvgIpc) is 2.75. The molecule has 0 unspecified atom stereocenters. The summed E-state index contributed by atoms with van der Waals surface area (Å²) in [5.74, 6) is 0.267. The molecule has 0 N–H and O–H groups in total. The molecule has 0 bridgehead atoms. The summed E-state index contributed by atoms with van der Waals surface area (Å²) in [7, 11) is 3.35.